The van der Waals surface area contributed by atoms with E-state index < -0.39 is 0 Å². The highest BCUT2D eigenvalue weighted by Crippen LogP contribution is 2.35. The molecule has 2 fully saturated rings. The molecule has 1 aliphatic carbocycles. The molecular formula is C22H29N3O2. The number of benzene rings is 1. The van der Waals surface area contributed by atoms with Gasteiger partial charge in [-0.1, -0.05) is 30.3 Å². The van der Waals surface area contributed by atoms with Crippen LogP contribution in [0.3, 0.4) is 0 Å². The van der Waals surface area contributed by atoms with Crippen molar-refractivity contribution >= 4 is 5.91 Å². The molecule has 144 valence electrons. The Kier molecular flexibility index (Phi) is 5.58. The van der Waals surface area contributed by atoms with Gasteiger partial charge in [-0.05, 0) is 50.0 Å². The molecule has 1 aromatic carbocycles. The average Bonchev–Trinajstić information content (AvgIpc) is 3.39. The molecule has 1 saturated heterocycles. The lowest BCUT2D eigenvalue weighted by molar-refractivity contribution is -0.145. The Morgan fingerprint density at radius 1 is 1.19 bits per heavy atom. The van der Waals surface area contributed by atoms with E-state index in [9.17, 15) is 4.79 Å². The van der Waals surface area contributed by atoms with Crippen LogP contribution in [0, 0.1) is 0 Å². The van der Waals surface area contributed by atoms with Gasteiger partial charge in [0.15, 0.2) is 0 Å². The number of rotatable bonds is 5. The molecule has 0 N–H and O–H groups in total. The number of nitrogens with zero attached hydrogens (tertiary/aromatic N) is 3. The van der Waals surface area contributed by atoms with Crippen LogP contribution in [-0.2, 0) is 23.1 Å². The maximum absolute atomic E-state index is 13.2. The van der Waals surface area contributed by atoms with Crippen molar-refractivity contribution in [1.82, 2.24) is 14.5 Å². The van der Waals surface area contributed by atoms with E-state index in [1.165, 1.54) is 5.56 Å². The zero-order valence-electron chi connectivity index (χ0n) is 16.1. The molecule has 1 amide bonds. The van der Waals surface area contributed by atoms with Gasteiger partial charge in [-0.15, -0.1) is 0 Å². The molecule has 0 spiro atoms. The molecule has 2 aromatic rings. The summed E-state index contributed by atoms with van der Waals surface area (Å²) in [6, 6.07) is 11.1. The van der Waals surface area contributed by atoms with Gasteiger partial charge in [-0.2, -0.15) is 0 Å². The van der Waals surface area contributed by atoms with Gasteiger partial charge >= 0.3 is 0 Å². The first-order valence-corrected chi connectivity index (χ1v) is 10.2. The first-order chi connectivity index (χ1) is 13.2. The van der Waals surface area contributed by atoms with Gasteiger partial charge in [0.2, 0.25) is 0 Å². The van der Waals surface area contributed by atoms with Gasteiger partial charge in [-0.3, -0.25) is 4.79 Å². The van der Waals surface area contributed by atoms with Gasteiger partial charge in [0, 0.05) is 32.1 Å². The monoisotopic (exact) mass is 367 g/mol. The molecule has 0 bridgehead atoms. The quantitative estimate of drug-likeness (QED) is 0.810. The molecule has 2 aliphatic rings. The van der Waals surface area contributed by atoms with Crippen LogP contribution in [0.4, 0.5) is 0 Å². The lowest BCUT2D eigenvalue weighted by atomic mass is 9.81. The smallest absolute Gasteiger partial charge is 0.252 e. The van der Waals surface area contributed by atoms with Crippen molar-refractivity contribution in [3.63, 3.8) is 0 Å². The van der Waals surface area contributed by atoms with Gasteiger partial charge in [0.05, 0.1) is 6.54 Å². The van der Waals surface area contributed by atoms with Crippen LogP contribution in [0.2, 0.25) is 0 Å². The van der Waals surface area contributed by atoms with Gasteiger partial charge in [-0.25, -0.2) is 4.98 Å². The molecule has 1 unspecified atom stereocenters. The van der Waals surface area contributed by atoms with Crippen LogP contribution in [-0.4, -0.2) is 39.1 Å². The number of amides is 1. The van der Waals surface area contributed by atoms with Crippen LogP contribution in [0.15, 0.2) is 42.7 Å². The summed E-state index contributed by atoms with van der Waals surface area (Å²) in [6.07, 6.45) is 9.65. The van der Waals surface area contributed by atoms with Crippen molar-refractivity contribution in [1.29, 1.82) is 0 Å². The average molecular weight is 367 g/mol. The normalized spacial score (nSPS) is 25.4. The van der Waals surface area contributed by atoms with Crippen LogP contribution in [0.5, 0.6) is 0 Å². The molecule has 0 radical (unpaired) electrons. The van der Waals surface area contributed by atoms with Crippen molar-refractivity contribution in [2.45, 2.75) is 63.1 Å². The highest BCUT2D eigenvalue weighted by atomic mass is 16.5. The van der Waals surface area contributed by atoms with E-state index >= 15 is 0 Å². The number of ether oxygens (including phenoxy) is 1. The molecule has 1 atom stereocenters. The highest BCUT2D eigenvalue weighted by molar-refractivity contribution is 5.81. The summed E-state index contributed by atoms with van der Waals surface area (Å²) in [4.78, 5) is 19.7. The third-order valence-corrected chi connectivity index (χ3v) is 6.13. The lowest BCUT2D eigenvalue weighted by Gasteiger charge is -2.38. The summed E-state index contributed by atoms with van der Waals surface area (Å²) in [7, 11) is 1.99. The Labute approximate surface area is 161 Å². The highest BCUT2D eigenvalue weighted by Gasteiger charge is 2.35. The fraction of sp³-hybridized carbons (Fsp3) is 0.545. The van der Waals surface area contributed by atoms with E-state index in [4.69, 9.17) is 4.74 Å². The van der Waals surface area contributed by atoms with Gasteiger partial charge in [0.25, 0.3) is 5.91 Å². The van der Waals surface area contributed by atoms with Crippen molar-refractivity contribution in [2.24, 2.45) is 7.05 Å². The molecule has 5 heteroatoms. The zero-order chi connectivity index (χ0) is 18.6. The van der Waals surface area contributed by atoms with Crippen LogP contribution >= 0.6 is 0 Å². The summed E-state index contributed by atoms with van der Waals surface area (Å²) in [5.74, 6) is 1.69. The number of carbonyl (C=O) groups excluding carboxylic acids is 1. The van der Waals surface area contributed by atoms with E-state index in [-0.39, 0.29) is 18.1 Å². The number of imidazole rings is 1. The Balaban J connectivity index is 1.47. The summed E-state index contributed by atoms with van der Waals surface area (Å²) in [6.45, 7) is 1.27. The van der Waals surface area contributed by atoms with Crippen LogP contribution < -0.4 is 0 Å². The number of hydrogen-bond acceptors (Lipinski definition) is 3. The third-order valence-electron chi connectivity index (χ3n) is 6.13. The van der Waals surface area contributed by atoms with E-state index in [0.717, 1.165) is 44.3 Å². The summed E-state index contributed by atoms with van der Waals surface area (Å²) >= 11 is 0. The molecule has 1 aromatic heterocycles. The predicted octanol–water partition coefficient (Wildman–Crippen LogP) is 3.65. The number of carbonyl (C=O) groups is 1. The van der Waals surface area contributed by atoms with E-state index in [0.29, 0.717) is 19.1 Å². The van der Waals surface area contributed by atoms with Crippen molar-refractivity contribution < 1.29 is 9.53 Å². The molecule has 2 heterocycles. The molecule has 1 saturated carbocycles. The SMILES string of the molecule is Cn1ccnc1CN(C(=O)C1CCCO1)C1CCC(c2ccccc2)CC1. The van der Waals surface area contributed by atoms with Gasteiger partial charge in [0.1, 0.15) is 11.9 Å². The fourth-order valence-electron chi connectivity index (χ4n) is 4.49. The second-order valence-corrected chi connectivity index (χ2v) is 7.84. The summed E-state index contributed by atoms with van der Waals surface area (Å²) in [5.41, 5.74) is 1.43. The summed E-state index contributed by atoms with van der Waals surface area (Å²) in [5, 5.41) is 0. The van der Waals surface area contributed by atoms with Crippen LogP contribution in [0.1, 0.15) is 55.8 Å². The Morgan fingerprint density at radius 2 is 1.96 bits per heavy atom. The minimum absolute atomic E-state index is 0.152. The Morgan fingerprint density at radius 3 is 2.59 bits per heavy atom. The van der Waals surface area contributed by atoms with Crippen molar-refractivity contribution in [2.75, 3.05) is 6.61 Å². The third kappa shape index (κ3) is 4.08. The van der Waals surface area contributed by atoms with Crippen molar-refractivity contribution in [3.8, 4) is 0 Å². The number of hydrogen-bond donors (Lipinski definition) is 0. The predicted molar refractivity (Wildman–Crippen MR) is 104 cm³/mol. The minimum Gasteiger partial charge on any atom is -0.368 e. The Bertz CT molecular complexity index is 744. The zero-order valence-corrected chi connectivity index (χ0v) is 16.1. The number of aryl methyl sites for hydroxylation is 1. The lowest BCUT2D eigenvalue weighted by Crippen LogP contribution is -2.46. The van der Waals surface area contributed by atoms with E-state index in [1.807, 2.05) is 17.8 Å². The minimum atomic E-state index is -0.267. The summed E-state index contributed by atoms with van der Waals surface area (Å²) < 4.78 is 7.71. The van der Waals surface area contributed by atoms with Crippen molar-refractivity contribution in [3.05, 3.63) is 54.1 Å². The largest absolute Gasteiger partial charge is 0.368 e. The van der Waals surface area contributed by atoms with E-state index in [1.54, 1.807) is 6.20 Å². The standard InChI is InChI=1S/C22H29N3O2/c1-24-14-13-23-21(24)16-25(22(26)20-8-5-15-27-20)19-11-9-18(10-12-19)17-6-3-2-4-7-17/h2-4,6-7,13-14,18-20H,5,8-12,15-16H2,1H3. The molecule has 1 aliphatic heterocycles. The maximum atomic E-state index is 13.2. The topological polar surface area (TPSA) is 47.4 Å². The second-order valence-electron chi connectivity index (χ2n) is 7.84. The fourth-order valence-corrected chi connectivity index (χ4v) is 4.49. The molecule has 4 rings (SSSR count). The first-order valence-electron chi connectivity index (χ1n) is 10.2. The molecular weight excluding hydrogens is 338 g/mol. The maximum Gasteiger partial charge on any atom is 0.252 e. The van der Waals surface area contributed by atoms with Gasteiger partial charge < -0.3 is 14.2 Å². The second kappa shape index (κ2) is 8.26. The molecule has 27 heavy (non-hydrogen) atoms. The van der Waals surface area contributed by atoms with E-state index in [2.05, 4.69) is 40.2 Å². The molecule has 5 nitrogen and oxygen atoms in total. The number of aromatic nitrogens is 2. The first kappa shape index (κ1) is 18.2. The van der Waals surface area contributed by atoms with Crippen LogP contribution in [0.25, 0.3) is 0 Å². The Hall–Kier alpha value is -2.14.